The van der Waals surface area contributed by atoms with E-state index in [-0.39, 0.29) is 0 Å². The topological polar surface area (TPSA) is 18.5 Å². The van der Waals surface area contributed by atoms with Crippen molar-refractivity contribution in [3.05, 3.63) is 0 Å². The van der Waals surface area contributed by atoms with E-state index in [1.165, 1.54) is 0 Å². The first-order valence-corrected chi connectivity index (χ1v) is 3.14. The van der Waals surface area contributed by atoms with E-state index < -0.39 is 25.1 Å². The first-order valence-electron chi connectivity index (χ1n) is 3.14. The van der Waals surface area contributed by atoms with Gasteiger partial charge in [0.2, 0.25) is 0 Å². The van der Waals surface area contributed by atoms with Crippen molar-refractivity contribution in [2.75, 3.05) is 20.8 Å². The van der Waals surface area contributed by atoms with E-state index in [1.54, 1.807) is 0 Å². The Hall–Kier alpha value is -0.360. The largest absolute Gasteiger partial charge is 0.382 e. The molecule has 0 bridgehead atoms. The van der Waals surface area contributed by atoms with Gasteiger partial charge in [0.25, 0.3) is 0 Å². The Morgan fingerprint density at radius 2 is 1.75 bits per heavy atom. The quantitative estimate of drug-likeness (QED) is 0.612. The Morgan fingerprint density at radius 1 is 1.25 bits per heavy atom. The van der Waals surface area contributed by atoms with Crippen LogP contribution in [0.5, 0.6) is 0 Å². The lowest BCUT2D eigenvalue weighted by Gasteiger charge is -2.23. The predicted octanol–water partition coefficient (Wildman–Crippen LogP) is 1.55. The van der Waals surface area contributed by atoms with Gasteiger partial charge in [0, 0.05) is 14.2 Å². The van der Waals surface area contributed by atoms with E-state index in [2.05, 4.69) is 9.47 Å². The molecule has 74 valence electrons. The fourth-order valence-electron chi connectivity index (χ4n) is 0.628. The molecule has 0 aliphatic carbocycles. The summed E-state index contributed by atoms with van der Waals surface area (Å²) in [6, 6.07) is 0. The third-order valence-corrected chi connectivity index (χ3v) is 1.32. The van der Waals surface area contributed by atoms with E-state index in [0.29, 0.717) is 0 Å². The third kappa shape index (κ3) is 2.60. The molecule has 0 aromatic heterocycles. The molecule has 0 N–H and O–H groups in total. The summed E-state index contributed by atoms with van der Waals surface area (Å²) in [5, 5.41) is 0. The number of halogens is 4. The number of rotatable bonds is 5. The molecular formula is C6H10F4O2. The van der Waals surface area contributed by atoms with Crippen LogP contribution < -0.4 is 0 Å². The summed E-state index contributed by atoms with van der Waals surface area (Å²) in [6.07, 6.45) is -5.64. The maximum absolute atomic E-state index is 12.4. The lowest BCUT2D eigenvalue weighted by atomic mass is 10.2. The van der Waals surface area contributed by atoms with Crippen molar-refractivity contribution in [3.63, 3.8) is 0 Å². The standard InChI is InChI=1S/C6H10F4O2/c1-11-3-4(12-2)6(9,10)5(7)8/h4-5H,3H2,1-2H3. The van der Waals surface area contributed by atoms with Crippen LogP contribution in [0.3, 0.4) is 0 Å². The van der Waals surface area contributed by atoms with Crippen LogP contribution in [-0.2, 0) is 9.47 Å². The average Bonchev–Trinajstić information content (AvgIpc) is 1.99. The van der Waals surface area contributed by atoms with Gasteiger partial charge in [0.1, 0.15) is 6.10 Å². The Kier molecular flexibility index (Phi) is 4.47. The lowest BCUT2D eigenvalue weighted by molar-refractivity contribution is -0.210. The van der Waals surface area contributed by atoms with Gasteiger partial charge in [-0.25, -0.2) is 8.78 Å². The zero-order valence-corrected chi connectivity index (χ0v) is 6.69. The normalized spacial score (nSPS) is 15.2. The van der Waals surface area contributed by atoms with Crippen LogP contribution in [0.25, 0.3) is 0 Å². The summed E-state index contributed by atoms with van der Waals surface area (Å²) in [5.74, 6) is -4.16. The molecule has 0 aromatic rings. The molecule has 1 atom stereocenters. The van der Waals surface area contributed by atoms with Gasteiger partial charge >= 0.3 is 12.3 Å². The first-order chi connectivity index (χ1) is 5.46. The minimum absolute atomic E-state index is 0.562. The second kappa shape index (κ2) is 4.61. The van der Waals surface area contributed by atoms with Crippen molar-refractivity contribution < 1.29 is 27.0 Å². The Morgan fingerprint density at radius 3 is 2.00 bits per heavy atom. The molecule has 0 spiro atoms. The Bertz CT molecular complexity index is 129. The van der Waals surface area contributed by atoms with Crippen molar-refractivity contribution >= 4 is 0 Å². The fraction of sp³-hybridized carbons (Fsp3) is 1.00. The minimum Gasteiger partial charge on any atom is -0.382 e. The van der Waals surface area contributed by atoms with Crippen LogP contribution in [-0.4, -0.2) is 39.3 Å². The number of hydrogen-bond donors (Lipinski definition) is 0. The molecule has 0 radical (unpaired) electrons. The van der Waals surface area contributed by atoms with Crippen molar-refractivity contribution in [2.45, 2.75) is 18.5 Å². The number of alkyl halides is 4. The molecule has 6 heteroatoms. The van der Waals surface area contributed by atoms with E-state index >= 15 is 0 Å². The molecule has 0 aromatic carbocycles. The first kappa shape index (κ1) is 11.6. The Balaban J connectivity index is 4.25. The van der Waals surface area contributed by atoms with Gasteiger partial charge in [0.15, 0.2) is 0 Å². The summed E-state index contributed by atoms with van der Waals surface area (Å²) in [7, 11) is 2.06. The fourth-order valence-corrected chi connectivity index (χ4v) is 0.628. The van der Waals surface area contributed by atoms with Crippen LogP contribution in [0.1, 0.15) is 0 Å². The van der Waals surface area contributed by atoms with E-state index in [0.717, 1.165) is 14.2 Å². The van der Waals surface area contributed by atoms with Crippen LogP contribution in [0, 0.1) is 0 Å². The van der Waals surface area contributed by atoms with Crippen LogP contribution in [0.2, 0.25) is 0 Å². The van der Waals surface area contributed by atoms with Crippen LogP contribution in [0.4, 0.5) is 17.6 Å². The molecule has 0 saturated heterocycles. The summed E-state index contributed by atoms with van der Waals surface area (Å²) in [4.78, 5) is 0. The molecule has 2 nitrogen and oxygen atoms in total. The maximum Gasteiger partial charge on any atom is 0.335 e. The summed E-state index contributed by atoms with van der Waals surface area (Å²) in [6.45, 7) is -0.562. The summed E-state index contributed by atoms with van der Waals surface area (Å²) >= 11 is 0. The third-order valence-electron chi connectivity index (χ3n) is 1.32. The van der Waals surface area contributed by atoms with Gasteiger partial charge in [-0.3, -0.25) is 0 Å². The minimum atomic E-state index is -4.16. The SMILES string of the molecule is COCC(OC)C(F)(F)C(F)F. The molecule has 0 aliphatic heterocycles. The highest BCUT2D eigenvalue weighted by atomic mass is 19.3. The van der Waals surface area contributed by atoms with Gasteiger partial charge in [0.05, 0.1) is 6.61 Å². The van der Waals surface area contributed by atoms with Crippen LogP contribution >= 0.6 is 0 Å². The average molecular weight is 190 g/mol. The number of ether oxygens (including phenoxy) is 2. The molecule has 0 heterocycles. The second-order valence-corrected chi connectivity index (χ2v) is 2.15. The second-order valence-electron chi connectivity index (χ2n) is 2.15. The molecule has 0 aliphatic rings. The molecule has 0 saturated carbocycles. The van der Waals surface area contributed by atoms with Crippen molar-refractivity contribution in [3.8, 4) is 0 Å². The maximum atomic E-state index is 12.4. The molecule has 0 rings (SSSR count). The zero-order valence-electron chi connectivity index (χ0n) is 6.69. The summed E-state index contributed by atoms with van der Waals surface area (Å²) in [5.41, 5.74) is 0. The zero-order chi connectivity index (χ0) is 9.78. The van der Waals surface area contributed by atoms with E-state index in [4.69, 9.17) is 0 Å². The molecule has 1 unspecified atom stereocenters. The monoisotopic (exact) mass is 190 g/mol. The van der Waals surface area contributed by atoms with Gasteiger partial charge in [-0.2, -0.15) is 8.78 Å². The van der Waals surface area contributed by atoms with Gasteiger partial charge in [-0.15, -0.1) is 0 Å². The molecular weight excluding hydrogens is 180 g/mol. The summed E-state index contributed by atoms with van der Waals surface area (Å²) < 4.78 is 56.7. The molecule has 0 fully saturated rings. The smallest absolute Gasteiger partial charge is 0.335 e. The lowest BCUT2D eigenvalue weighted by Crippen LogP contribution is -2.44. The highest BCUT2D eigenvalue weighted by molar-refractivity contribution is 4.79. The van der Waals surface area contributed by atoms with E-state index in [9.17, 15) is 17.6 Å². The number of hydrogen-bond acceptors (Lipinski definition) is 2. The number of methoxy groups -OCH3 is 2. The molecule has 12 heavy (non-hydrogen) atoms. The van der Waals surface area contributed by atoms with Crippen molar-refractivity contribution in [1.29, 1.82) is 0 Å². The van der Waals surface area contributed by atoms with Crippen molar-refractivity contribution in [1.82, 2.24) is 0 Å². The highest BCUT2D eigenvalue weighted by Gasteiger charge is 2.49. The van der Waals surface area contributed by atoms with Crippen LogP contribution in [0.15, 0.2) is 0 Å². The van der Waals surface area contributed by atoms with Gasteiger partial charge in [-0.05, 0) is 0 Å². The van der Waals surface area contributed by atoms with E-state index in [1.807, 2.05) is 0 Å². The highest BCUT2D eigenvalue weighted by Crippen LogP contribution is 2.28. The van der Waals surface area contributed by atoms with Crippen molar-refractivity contribution in [2.24, 2.45) is 0 Å². The Labute approximate surface area is 67.5 Å². The predicted molar refractivity (Wildman–Crippen MR) is 33.6 cm³/mol. The van der Waals surface area contributed by atoms with Gasteiger partial charge in [-0.1, -0.05) is 0 Å². The van der Waals surface area contributed by atoms with Gasteiger partial charge < -0.3 is 9.47 Å². The molecule has 0 amide bonds.